The highest BCUT2D eigenvalue weighted by Gasteiger charge is 2.20. The number of carbonyl (C=O) groups excluding carboxylic acids is 3. The second-order valence-electron chi connectivity index (χ2n) is 11.1. The first-order chi connectivity index (χ1) is 20.0. The Morgan fingerprint density at radius 2 is 0.643 bits per heavy atom. The number of nitrogens with one attached hydrogen (secondary N) is 3. The molecule has 6 nitrogen and oxygen atoms in total. The van der Waals surface area contributed by atoms with Gasteiger partial charge in [-0.2, -0.15) is 0 Å². The molecule has 3 atom stereocenters. The second-order valence-corrected chi connectivity index (χ2v) is 11.1. The van der Waals surface area contributed by atoms with E-state index in [9.17, 15) is 14.4 Å². The van der Waals surface area contributed by atoms with E-state index < -0.39 is 0 Å². The van der Waals surface area contributed by atoms with Gasteiger partial charge in [0.05, 0.1) is 18.1 Å². The molecule has 3 N–H and O–H groups in total. The molecule has 42 heavy (non-hydrogen) atoms. The molecule has 3 amide bonds. The molecule has 0 heterocycles. The van der Waals surface area contributed by atoms with Crippen LogP contribution in [0.4, 0.5) is 0 Å². The minimum absolute atomic E-state index is 0.234. The maximum atomic E-state index is 13.4. The van der Waals surface area contributed by atoms with Crippen LogP contribution in [0.15, 0.2) is 91.0 Å². The van der Waals surface area contributed by atoms with Crippen LogP contribution in [0.1, 0.15) is 103 Å². The van der Waals surface area contributed by atoms with Crippen molar-refractivity contribution >= 4 is 17.7 Å². The fourth-order valence-electron chi connectivity index (χ4n) is 4.68. The molecule has 0 aliphatic heterocycles. The van der Waals surface area contributed by atoms with Gasteiger partial charge in [-0.25, -0.2) is 0 Å². The first-order valence-electron chi connectivity index (χ1n) is 14.3. The van der Waals surface area contributed by atoms with Gasteiger partial charge in [-0.1, -0.05) is 89.5 Å². The van der Waals surface area contributed by atoms with Crippen molar-refractivity contribution in [1.29, 1.82) is 0 Å². The first kappa shape index (κ1) is 30.3. The van der Waals surface area contributed by atoms with Crippen LogP contribution < -0.4 is 16.0 Å². The van der Waals surface area contributed by atoms with Gasteiger partial charge in [-0.3, -0.25) is 14.4 Å². The van der Waals surface area contributed by atoms with Gasteiger partial charge in [0.15, 0.2) is 0 Å². The Bertz CT molecular complexity index is 1360. The van der Waals surface area contributed by atoms with Crippen LogP contribution in [0, 0.1) is 20.8 Å². The van der Waals surface area contributed by atoms with E-state index in [-0.39, 0.29) is 52.5 Å². The highest BCUT2D eigenvalue weighted by molar-refractivity contribution is 6.04. The molecular weight excluding hydrogens is 522 g/mol. The third-order valence-electron chi connectivity index (χ3n) is 7.49. The van der Waals surface area contributed by atoms with Crippen molar-refractivity contribution in [1.82, 2.24) is 16.0 Å². The van der Waals surface area contributed by atoms with Crippen LogP contribution in [-0.2, 0) is 0 Å². The lowest BCUT2D eigenvalue weighted by Crippen LogP contribution is -2.31. The summed E-state index contributed by atoms with van der Waals surface area (Å²) >= 11 is 0. The molecule has 0 aliphatic carbocycles. The summed E-state index contributed by atoms with van der Waals surface area (Å²) in [5.41, 5.74) is 6.97. The van der Waals surface area contributed by atoms with Crippen LogP contribution >= 0.6 is 0 Å². The molecule has 4 aromatic carbocycles. The van der Waals surface area contributed by atoms with E-state index in [0.29, 0.717) is 0 Å². The van der Waals surface area contributed by atoms with Crippen molar-refractivity contribution in [2.45, 2.75) is 59.7 Å². The lowest BCUT2D eigenvalue weighted by atomic mass is 10.0. The molecule has 0 aromatic heterocycles. The molecule has 4 rings (SSSR count). The van der Waals surface area contributed by atoms with Gasteiger partial charge >= 0.3 is 0 Å². The van der Waals surface area contributed by atoms with Gasteiger partial charge in [-0.05, 0) is 76.4 Å². The lowest BCUT2D eigenvalue weighted by Gasteiger charge is -2.18. The van der Waals surface area contributed by atoms with Crippen molar-refractivity contribution in [3.05, 3.63) is 141 Å². The summed E-state index contributed by atoms with van der Waals surface area (Å²) in [7, 11) is 0. The Labute approximate surface area is 248 Å². The topological polar surface area (TPSA) is 87.3 Å². The molecule has 4 aromatic rings. The van der Waals surface area contributed by atoms with Gasteiger partial charge < -0.3 is 16.0 Å². The Hall–Kier alpha value is -4.71. The molecule has 0 unspecified atom stereocenters. The summed E-state index contributed by atoms with van der Waals surface area (Å²) in [5.74, 6) is -1.11. The van der Waals surface area contributed by atoms with Crippen LogP contribution in [-0.4, -0.2) is 17.7 Å². The molecule has 0 fully saturated rings. The quantitative estimate of drug-likeness (QED) is 0.204. The zero-order chi connectivity index (χ0) is 30.4. The maximum Gasteiger partial charge on any atom is 0.251 e. The molecular formula is C36H39N3O3. The number of benzene rings is 4. The van der Waals surface area contributed by atoms with Crippen molar-refractivity contribution in [2.75, 3.05) is 0 Å². The molecule has 216 valence electrons. The van der Waals surface area contributed by atoms with E-state index in [1.807, 2.05) is 114 Å². The van der Waals surface area contributed by atoms with Crippen LogP contribution in [0.2, 0.25) is 0 Å². The number of aryl methyl sites for hydroxylation is 3. The zero-order valence-electron chi connectivity index (χ0n) is 25.1. The Kier molecular flexibility index (Phi) is 9.58. The Morgan fingerprint density at radius 3 is 0.857 bits per heavy atom. The molecule has 0 saturated heterocycles. The van der Waals surface area contributed by atoms with Gasteiger partial charge in [-0.15, -0.1) is 0 Å². The van der Waals surface area contributed by atoms with E-state index in [1.165, 1.54) is 18.2 Å². The largest absolute Gasteiger partial charge is 0.346 e. The highest BCUT2D eigenvalue weighted by Crippen LogP contribution is 2.20. The fourth-order valence-corrected chi connectivity index (χ4v) is 4.68. The molecule has 0 radical (unpaired) electrons. The number of rotatable bonds is 9. The highest BCUT2D eigenvalue weighted by atomic mass is 16.2. The summed E-state index contributed by atoms with van der Waals surface area (Å²) in [6, 6.07) is 27.6. The Balaban J connectivity index is 1.60. The van der Waals surface area contributed by atoms with Crippen LogP contribution in [0.3, 0.4) is 0 Å². The predicted octanol–water partition coefficient (Wildman–Crippen LogP) is 7.08. The van der Waals surface area contributed by atoms with Crippen molar-refractivity contribution in [3.63, 3.8) is 0 Å². The van der Waals surface area contributed by atoms with Crippen LogP contribution in [0.5, 0.6) is 0 Å². The van der Waals surface area contributed by atoms with Gasteiger partial charge in [0.25, 0.3) is 17.7 Å². The normalized spacial score (nSPS) is 13.0. The van der Waals surface area contributed by atoms with E-state index in [2.05, 4.69) is 16.0 Å². The van der Waals surface area contributed by atoms with E-state index in [0.717, 1.165) is 33.4 Å². The minimum Gasteiger partial charge on any atom is -0.346 e. The van der Waals surface area contributed by atoms with E-state index >= 15 is 0 Å². The number of amides is 3. The summed E-state index contributed by atoms with van der Waals surface area (Å²) in [6.45, 7) is 11.7. The number of hydrogen-bond acceptors (Lipinski definition) is 3. The standard InChI is InChI=1S/C36H39N3O3/c1-22-7-13-28(14-8-22)25(4)37-34(40)31-19-32(35(41)38-26(5)29-15-9-23(2)10-16-29)21-33(20-31)36(42)39-27(6)30-17-11-24(3)12-18-30/h7-21,25-27H,1-6H3,(H,37,40)(H,38,41)(H,39,42)/t25-,26-,27+/m0/s1. The summed E-state index contributed by atoms with van der Waals surface area (Å²) < 4.78 is 0. The average molecular weight is 562 g/mol. The predicted molar refractivity (Wildman–Crippen MR) is 168 cm³/mol. The monoisotopic (exact) mass is 561 g/mol. The lowest BCUT2D eigenvalue weighted by molar-refractivity contribution is 0.0939. The fraction of sp³-hybridized carbons (Fsp3) is 0.250. The van der Waals surface area contributed by atoms with Crippen molar-refractivity contribution in [2.24, 2.45) is 0 Å². The first-order valence-corrected chi connectivity index (χ1v) is 14.3. The third kappa shape index (κ3) is 7.72. The second kappa shape index (κ2) is 13.3. The van der Waals surface area contributed by atoms with Gasteiger partial charge in [0.1, 0.15) is 0 Å². The molecule has 0 saturated carbocycles. The maximum absolute atomic E-state index is 13.4. The zero-order valence-corrected chi connectivity index (χ0v) is 25.1. The third-order valence-corrected chi connectivity index (χ3v) is 7.49. The molecule has 0 spiro atoms. The molecule has 6 heteroatoms. The van der Waals surface area contributed by atoms with E-state index in [4.69, 9.17) is 0 Å². The van der Waals surface area contributed by atoms with Crippen molar-refractivity contribution < 1.29 is 14.4 Å². The van der Waals surface area contributed by atoms with Gasteiger partial charge in [0.2, 0.25) is 0 Å². The smallest absolute Gasteiger partial charge is 0.251 e. The minimum atomic E-state index is -0.370. The van der Waals surface area contributed by atoms with Crippen LogP contribution in [0.25, 0.3) is 0 Å². The summed E-state index contributed by atoms with van der Waals surface area (Å²) in [6.07, 6.45) is 0. The van der Waals surface area contributed by atoms with Gasteiger partial charge in [0, 0.05) is 16.7 Å². The van der Waals surface area contributed by atoms with E-state index in [1.54, 1.807) is 0 Å². The number of hydrogen-bond donors (Lipinski definition) is 3. The summed E-state index contributed by atoms with van der Waals surface area (Å²) in [5, 5.41) is 9.02. The Morgan fingerprint density at radius 1 is 0.429 bits per heavy atom. The summed E-state index contributed by atoms with van der Waals surface area (Å²) in [4.78, 5) is 40.3. The average Bonchev–Trinajstić information content (AvgIpc) is 2.97. The van der Waals surface area contributed by atoms with Crippen molar-refractivity contribution in [3.8, 4) is 0 Å². The molecule has 0 bridgehead atoms. The SMILES string of the molecule is Cc1ccc([C@H](C)NC(=O)c2cc(C(=O)N[C@@H](C)c3ccc(C)cc3)cc(C(=O)N[C@H](C)c3ccc(C)cc3)c2)cc1. The number of carbonyl (C=O) groups is 3. The molecule has 0 aliphatic rings.